The van der Waals surface area contributed by atoms with Gasteiger partial charge in [0.1, 0.15) is 12.1 Å². The molecule has 4 rings (SSSR count). The first-order valence-electron chi connectivity index (χ1n) is 11.1. The predicted molar refractivity (Wildman–Crippen MR) is 109 cm³/mol. The van der Waals surface area contributed by atoms with Crippen LogP contribution in [0.1, 0.15) is 82.3 Å². The average molecular weight is 385 g/mol. The van der Waals surface area contributed by atoms with Crippen molar-refractivity contribution < 1.29 is 14.5 Å². The first kappa shape index (κ1) is 19.4. The number of benzene rings is 1. The molecule has 1 unspecified atom stereocenters. The van der Waals surface area contributed by atoms with Gasteiger partial charge in [-0.1, -0.05) is 63.8 Å². The van der Waals surface area contributed by atoms with Gasteiger partial charge < -0.3 is 10.2 Å². The number of quaternary nitrogens is 1. The molecular formula is C23H34N3O2+. The molecular weight excluding hydrogens is 350 g/mol. The summed E-state index contributed by atoms with van der Waals surface area (Å²) in [6.07, 6.45) is 8.35. The number of carbonyl (C=O) groups excluding carboxylic acids is 2. The fourth-order valence-electron chi connectivity index (χ4n) is 4.80. The van der Waals surface area contributed by atoms with E-state index in [9.17, 15) is 9.59 Å². The van der Waals surface area contributed by atoms with Crippen LogP contribution in [0.3, 0.4) is 0 Å². The molecule has 3 fully saturated rings. The van der Waals surface area contributed by atoms with Crippen LogP contribution in [0.15, 0.2) is 24.3 Å². The zero-order valence-electron chi connectivity index (χ0n) is 17.3. The predicted octanol–water partition coefficient (Wildman–Crippen LogP) is 2.96. The van der Waals surface area contributed by atoms with Gasteiger partial charge in [0.05, 0.1) is 6.04 Å². The topological polar surface area (TPSA) is 53.9 Å². The van der Waals surface area contributed by atoms with Crippen LogP contribution in [-0.4, -0.2) is 35.1 Å². The van der Waals surface area contributed by atoms with Gasteiger partial charge in [0.15, 0.2) is 6.67 Å². The van der Waals surface area contributed by atoms with E-state index in [4.69, 9.17) is 0 Å². The van der Waals surface area contributed by atoms with Crippen LogP contribution in [0, 0.1) is 0 Å². The van der Waals surface area contributed by atoms with Crippen LogP contribution < -0.4 is 10.2 Å². The van der Waals surface area contributed by atoms with E-state index >= 15 is 0 Å². The van der Waals surface area contributed by atoms with E-state index in [1.807, 2.05) is 0 Å². The highest BCUT2D eigenvalue weighted by Gasteiger charge is 2.52. The van der Waals surface area contributed by atoms with Crippen LogP contribution >= 0.6 is 0 Å². The molecule has 5 heteroatoms. The molecule has 2 aliphatic carbocycles. The first-order chi connectivity index (χ1) is 13.5. The van der Waals surface area contributed by atoms with Crippen molar-refractivity contribution in [2.75, 3.05) is 6.67 Å². The van der Waals surface area contributed by atoms with Crippen LogP contribution in [0.4, 0.5) is 4.79 Å². The summed E-state index contributed by atoms with van der Waals surface area (Å²) >= 11 is 0. The minimum Gasteiger partial charge on any atom is -0.323 e. The Labute approximate surface area is 168 Å². The third kappa shape index (κ3) is 3.95. The molecule has 1 aromatic carbocycles. The third-order valence-corrected chi connectivity index (χ3v) is 6.80. The standard InChI is InChI=1S/C23H33N3O2/c1-17(2)19-9-7-18(8-10-19)15-25(20-11-12-20)16-26-21(27)23(24-22(26)28)13-5-3-4-6-14-23/h7-10,17,20H,3-6,11-16H2,1-2H3,(H,24,28)/p+1. The molecule has 28 heavy (non-hydrogen) atoms. The second-order valence-electron chi connectivity index (χ2n) is 9.32. The van der Waals surface area contributed by atoms with Gasteiger partial charge in [0.25, 0.3) is 5.91 Å². The maximum Gasteiger partial charge on any atom is 0.329 e. The van der Waals surface area contributed by atoms with Gasteiger partial charge in [-0.05, 0) is 24.3 Å². The zero-order chi connectivity index (χ0) is 19.7. The number of amides is 3. The van der Waals surface area contributed by atoms with Crippen LogP contribution in [0.25, 0.3) is 0 Å². The van der Waals surface area contributed by atoms with E-state index in [-0.39, 0.29) is 11.9 Å². The summed E-state index contributed by atoms with van der Waals surface area (Å²) in [6.45, 7) is 5.77. The minimum absolute atomic E-state index is 0.0210. The van der Waals surface area contributed by atoms with Gasteiger partial charge in [-0.2, -0.15) is 0 Å². The molecule has 0 aromatic heterocycles. The molecule has 0 radical (unpaired) electrons. The Morgan fingerprint density at radius 3 is 2.29 bits per heavy atom. The van der Waals surface area contributed by atoms with E-state index in [1.165, 1.54) is 33.8 Å². The number of nitrogens with one attached hydrogen (secondary N) is 2. The molecule has 1 spiro atoms. The molecule has 5 nitrogen and oxygen atoms in total. The molecule has 3 aliphatic rings. The van der Waals surface area contributed by atoms with Crippen molar-refractivity contribution >= 4 is 11.9 Å². The number of hydrogen-bond acceptors (Lipinski definition) is 2. The number of hydrogen-bond donors (Lipinski definition) is 2. The molecule has 1 aliphatic heterocycles. The van der Waals surface area contributed by atoms with Crippen molar-refractivity contribution in [2.24, 2.45) is 0 Å². The van der Waals surface area contributed by atoms with Gasteiger partial charge in [-0.25, -0.2) is 9.69 Å². The molecule has 1 atom stereocenters. The van der Waals surface area contributed by atoms with Crippen molar-refractivity contribution in [1.82, 2.24) is 10.2 Å². The summed E-state index contributed by atoms with van der Waals surface area (Å²) in [5, 5.41) is 3.08. The third-order valence-electron chi connectivity index (χ3n) is 6.80. The summed E-state index contributed by atoms with van der Waals surface area (Å²) in [6, 6.07) is 9.21. The Morgan fingerprint density at radius 1 is 1.07 bits per heavy atom. The Bertz CT molecular complexity index is 716. The molecule has 1 heterocycles. The van der Waals surface area contributed by atoms with Crippen molar-refractivity contribution in [3.05, 3.63) is 35.4 Å². The molecule has 2 N–H and O–H groups in total. The fourth-order valence-corrected chi connectivity index (χ4v) is 4.80. The van der Waals surface area contributed by atoms with Crippen molar-refractivity contribution in [3.8, 4) is 0 Å². The number of carbonyl (C=O) groups is 2. The van der Waals surface area contributed by atoms with Gasteiger partial charge in [-0.15, -0.1) is 0 Å². The lowest BCUT2D eigenvalue weighted by Gasteiger charge is -2.26. The lowest BCUT2D eigenvalue weighted by atomic mass is 9.90. The Hall–Kier alpha value is -1.88. The van der Waals surface area contributed by atoms with Crippen LogP contribution in [0.5, 0.6) is 0 Å². The number of rotatable bonds is 6. The average Bonchev–Trinajstić information content (AvgIpc) is 3.50. The highest BCUT2D eigenvalue weighted by atomic mass is 16.2. The Morgan fingerprint density at radius 2 is 1.71 bits per heavy atom. The Balaban J connectivity index is 1.46. The first-order valence-corrected chi connectivity index (χ1v) is 11.1. The van der Waals surface area contributed by atoms with E-state index < -0.39 is 5.54 Å². The summed E-state index contributed by atoms with van der Waals surface area (Å²) < 4.78 is 0. The van der Waals surface area contributed by atoms with E-state index in [0.717, 1.165) is 45.1 Å². The van der Waals surface area contributed by atoms with Crippen molar-refractivity contribution in [1.29, 1.82) is 0 Å². The highest BCUT2D eigenvalue weighted by Crippen LogP contribution is 2.32. The molecule has 1 aromatic rings. The van der Waals surface area contributed by atoms with E-state index in [1.54, 1.807) is 0 Å². The number of imide groups is 1. The monoisotopic (exact) mass is 384 g/mol. The maximum absolute atomic E-state index is 13.2. The van der Waals surface area contributed by atoms with Gasteiger partial charge in [-0.3, -0.25) is 4.79 Å². The fraction of sp³-hybridized carbons (Fsp3) is 0.652. The molecule has 3 amide bonds. The molecule has 152 valence electrons. The van der Waals surface area contributed by atoms with Crippen molar-refractivity contribution in [2.45, 2.75) is 89.3 Å². The van der Waals surface area contributed by atoms with Crippen LogP contribution in [0.2, 0.25) is 0 Å². The molecule has 0 bridgehead atoms. The number of urea groups is 1. The van der Waals surface area contributed by atoms with Crippen molar-refractivity contribution in [3.63, 3.8) is 0 Å². The SMILES string of the molecule is CC(C)c1ccc(C[NH+](CN2C(=O)NC3(CCCCCC3)C2=O)C2CC2)cc1. The van der Waals surface area contributed by atoms with E-state index in [0.29, 0.717) is 18.6 Å². The smallest absolute Gasteiger partial charge is 0.323 e. The van der Waals surface area contributed by atoms with Crippen LogP contribution in [-0.2, 0) is 11.3 Å². The van der Waals surface area contributed by atoms with Gasteiger partial charge in [0, 0.05) is 18.4 Å². The summed E-state index contributed by atoms with van der Waals surface area (Å²) in [5.74, 6) is 0.551. The summed E-state index contributed by atoms with van der Waals surface area (Å²) in [4.78, 5) is 28.8. The summed E-state index contributed by atoms with van der Waals surface area (Å²) in [5.41, 5.74) is 2.00. The lowest BCUT2D eigenvalue weighted by molar-refractivity contribution is -0.931. The highest BCUT2D eigenvalue weighted by molar-refractivity contribution is 6.06. The minimum atomic E-state index is -0.624. The van der Waals surface area contributed by atoms with E-state index in [2.05, 4.69) is 43.4 Å². The van der Waals surface area contributed by atoms with Gasteiger partial charge >= 0.3 is 6.03 Å². The zero-order valence-corrected chi connectivity index (χ0v) is 17.3. The maximum atomic E-state index is 13.2. The molecule has 1 saturated heterocycles. The Kier molecular flexibility index (Phi) is 5.46. The lowest BCUT2D eigenvalue weighted by Crippen LogP contribution is -3.13. The summed E-state index contributed by atoms with van der Waals surface area (Å²) in [7, 11) is 0. The second kappa shape index (κ2) is 7.86. The normalized spacial score (nSPS) is 23.2. The molecule has 2 saturated carbocycles. The largest absolute Gasteiger partial charge is 0.329 e. The van der Waals surface area contributed by atoms with Gasteiger partial charge in [0.2, 0.25) is 0 Å². The second-order valence-corrected chi connectivity index (χ2v) is 9.32. The number of nitrogens with zero attached hydrogens (tertiary/aromatic N) is 1. The quantitative estimate of drug-likeness (QED) is 0.741.